The van der Waals surface area contributed by atoms with Crippen LogP contribution in [0.5, 0.6) is 0 Å². The van der Waals surface area contributed by atoms with E-state index in [1.807, 2.05) is 0 Å². The van der Waals surface area contributed by atoms with Crippen molar-refractivity contribution in [3.8, 4) is 0 Å². The van der Waals surface area contributed by atoms with Crippen molar-refractivity contribution in [2.45, 2.75) is 25.6 Å². The van der Waals surface area contributed by atoms with Crippen LogP contribution in [0.1, 0.15) is 11.5 Å². The normalized spacial score (nSPS) is 28.4. The van der Waals surface area contributed by atoms with Gasteiger partial charge in [0.15, 0.2) is 9.84 Å². The number of aryl methyl sites for hydroxylation is 1. The van der Waals surface area contributed by atoms with E-state index in [-0.39, 0.29) is 11.5 Å². The van der Waals surface area contributed by atoms with Crippen molar-refractivity contribution >= 4 is 9.84 Å². The molecule has 0 aliphatic carbocycles. The molecule has 1 aliphatic heterocycles. The first-order chi connectivity index (χ1) is 7.46. The van der Waals surface area contributed by atoms with E-state index >= 15 is 0 Å². The summed E-state index contributed by atoms with van der Waals surface area (Å²) >= 11 is 0. The molecular weight excluding hydrogens is 232 g/mol. The maximum absolute atomic E-state index is 11.2. The van der Waals surface area contributed by atoms with Crippen LogP contribution in [0, 0.1) is 6.92 Å². The zero-order valence-corrected chi connectivity index (χ0v) is 9.70. The largest absolute Gasteiger partial charge is 0.390 e. The summed E-state index contributed by atoms with van der Waals surface area (Å²) in [5.41, 5.74) is 0.703. The predicted molar refractivity (Wildman–Crippen MR) is 56.5 cm³/mol. The molecule has 2 unspecified atom stereocenters. The Balaban J connectivity index is 1.92. The molecule has 1 fully saturated rings. The molecule has 2 N–H and O–H groups in total. The Morgan fingerprint density at radius 1 is 1.62 bits per heavy atom. The lowest BCUT2D eigenvalue weighted by molar-refractivity contribution is 0.165. The third kappa shape index (κ3) is 2.60. The van der Waals surface area contributed by atoms with Crippen LogP contribution in [0.25, 0.3) is 0 Å². The molecule has 2 heterocycles. The molecule has 6 nitrogen and oxygen atoms in total. The van der Waals surface area contributed by atoms with E-state index in [4.69, 9.17) is 4.52 Å². The summed E-state index contributed by atoms with van der Waals surface area (Å²) in [6.07, 6.45) is -0.835. The Labute approximate surface area is 93.6 Å². The number of aromatic nitrogens is 1. The van der Waals surface area contributed by atoms with Gasteiger partial charge in [-0.05, 0) is 6.92 Å². The molecule has 1 aromatic heterocycles. The fourth-order valence-corrected chi connectivity index (χ4v) is 3.54. The highest BCUT2D eigenvalue weighted by Gasteiger charge is 2.35. The minimum Gasteiger partial charge on any atom is -0.390 e. The van der Waals surface area contributed by atoms with Gasteiger partial charge in [0.05, 0.1) is 23.3 Å². The lowest BCUT2D eigenvalue weighted by Gasteiger charge is -2.13. The van der Waals surface area contributed by atoms with Crippen molar-refractivity contribution in [3.05, 3.63) is 17.5 Å². The average molecular weight is 246 g/mol. The number of nitrogens with zero attached hydrogens (tertiary/aromatic N) is 1. The summed E-state index contributed by atoms with van der Waals surface area (Å²) < 4.78 is 27.3. The Kier molecular flexibility index (Phi) is 3.00. The Bertz CT molecular complexity index is 468. The number of sulfone groups is 1. The highest BCUT2D eigenvalue weighted by molar-refractivity contribution is 7.91. The molecule has 0 aromatic carbocycles. The third-order valence-electron chi connectivity index (χ3n) is 2.54. The number of hydrogen-bond donors (Lipinski definition) is 2. The van der Waals surface area contributed by atoms with Crippen molar-refractivity contribution < 1.29 is 18.0 Å². The van der Waals surface area contributed by atoms with Gasteiger partial charge in [0.2, 0.25) is 0 Å². The fourth-order valence-electron chi connectivity index (χ4n) is 1.76. The SMILES string of the molecule is Cc1cc(CNC2CS(=O)(=O)CC2O)no1. The maximum atomic E-state index is 11.2. The minimum atomic E-state index is -3.10. The summed E-state index contributed by atoms with van der Waals surface area (Å²) in [7, 11) is -3.10. The van der Waals surface area contributed by atoms with E-state index in [1.54, 1.807) is 13.0 Å². The van der Waals surface area contributed by atoms with Gasteiger partial charge in [-0.3, -0.25) is 0 Å². The summed E-state index contributed by atoms with van der Waals surface area (Å²) in [5.74, 6) is 0.518. The lowest BCUT2D eigenvalue weighted by Crippen LogP contribution is -2.38. The second kappa shape index (κ2) is 4.15. The van der Waals surface area contributed by atoms with E-state index < -0.39 is 22.0 Å². The molecule has 90 valence electrons. The first-order valence-electron chi connectivity index (χ1n) is 5.00. The molecule has 1 aliphatic rings. The molecule has 0 radical (unpaired) electrons. The second-order valence-corrected chi connectivity index (χ2v) is 6.21. The summed E-state index contributed by atoms with van der Waals surface area (Å²) in [5, 5.41) is 16.3. The molecule has 1 aromatic rings. The first-order valence-corrected chi connectivity index (χ1v) is 6.82. The van der Waals surface area contributed by atoms with Crippen LogP contribution in [-0.4, -0.2) is 42.3 Å². The Hall–Kier alpha value is -0.920. The first kappa shape index (κ1) is 11.6. The Morgan fingerprint density at radius 2 is 2.38 bits per heavy atom. The van der Waals surface area contributed by atoms with Crippen LogP contribution >= 0.6 is 0 Å². The predicted octanol–water partition coefficient (Wildman–Crippen LogP) is -0.769. The average Bonchev–Trinajstić information content (AvgIpc) is 2.67. The van der Waals surface area contributed by atoms with Gasteiger partial charge in [-0.1, -0.05) is 5.16 Å². The topological polar surface area (TPSA) is 92.4 Å². The highest BCUT2D eigenvalue weighted by atomic mass is 32.2. The van der Waals surface area contributed by atoms with E-state index in [1.165, 1.54) is 0 Å². The van der Waals surface area contributed by atoms with Crippen LogP contribution in [0.3, 0.4) is 0 Å². The van der Waals surface area contributed by atoms with Gasteiger partial charge in [0.25, 0.3) is 0 Å². The summed E-state index contributed by atoms with van der Waals surface area (Å²) in [6, 6.07) is 1.35. The third-order valence-corrected chi connectivity index (χ3v) is 4.26. The molecule has 0 spiro atoms. The zero-order valence-electron chi connectivity index (χ0n) is 8.88. The summed E-state index contributed by atoms with van der Waals surface area (Å²) in [6.45, 7) is 2.18. The van der Waals surface area contributed by atoms with Crippen LogP contribution in [0.4, 0.5) is 0 Å². The standard InChI is InChI=1S/C9H14N2O4S/c1-6-2-7(11-15-6)3-10-8-4-16(13,14)5-9(8)12/h2,8-10,12H,3-5H2,1H3. The van der Waals surface area contributed by atoms with Crippen molar-refractivity contribution in [1.29, 1.82) is 0 Å². The van der Waals surface area contributed by atoms with Gasteiger partial charge in [-0.25, -0.2) is 8.42 Å². The van der Waals surface area contributed by atoms with Gasteiger partial charge in [-0.15, -0.1) is 0 Å². The monoisotopic (exact) mass is 246 g/mol. The van der Waals surface area contributed by atoms with E-state index in [2.05, 4.69) is 10.5 Å². The number of nitrogens with one attached hydrogen (secondary N) is 1. The van der Waals surface area contributed by atoms with Crippen molar-refractivity contribution in [2.75, 3.05) is 11.5 Å². The molecule has 0 bridgehead atoms. The quantitative estimate of drug-likeness (QED) is 0.727. The molecule has 7 heteroatoms. The van der Waals surface area contributed by atoms with Crippen molar-refractivity contribution in [1.82, 2.24) is 10.5 Å². The zero-order chi connectivity index (χ0) is 11.8. The van der Waals surface area contributed by atoms with Crippen LogP contribution in [0.2, 0.25) is 0 Å². The molecule has 1 saturated heterocycles. The number of rotatable bonds is 3. The highest BCUT2D eigenvalue weighted by Crippen LogP contribution is 2.13. The molecule has 2 atom stereocenters. The number of hydrogen-bond acceptors (Lipinski definition) is 6. The second-order valence-electron chi connectivity index (χ2n) is 4.06. The maximum Gasteiger partial charge on any atom is 0.154 e. The molecule has 0 saturated carbocycles. The minimum absolute atomic E-state index is 0.0228. The van der Waals surface area contributed by atoms with Gasteiger partial charge in [0, 0.05) is 18.7 Å². The van der Waals surface area contributed by atoms with E-state index in [0.29, 0.717) is 18.0 Å². The van der Waals surface area contributed by atoms with Crippen molar-refractivity contribution in [3.63, 3.8) is 0 Å². The summed E-state index contributed by atoms with van der Waals surface area (Å²) in [4.78, 5) is 0. The van der Waals surface area contributed by atoms with Crippen LogP contribution in [0.15, 0.2) is 10.6 Å². The fraction of sp³-hybridized carbons (Fsp3) is 0.667. The van der Waals surface area contributed by atoms with Crippen molar-refractivity contribution in [2.24, 2.45) is 0 Å². The van der Waals surface area contributed by atoms with Gasteiger partial charge in [0.1, 0.15) is 5.76 Å². The molecule has 16 heavy (non-hydrogen) atoms. The molecular formula is C9H14N2O4S. The molecule has 0 amide bonds. The smallest absolute Gasteiger partial charge is 0.154 e. The van der Waals surface area contributed by atoms with E-state index in [0.717, 1.165) is 0 Å². The number of aliphatic hydroxyl groups excluding tert-OH is 1. The molecule has 2 rings (SSSR count). The van der Waals surface area contributed by atoms with Crippen LogP contribution in [-0.2, 0) is 16.4 Å². The number of aliphatic hydroxyl groups is 1. The van der Waals surface area contributed by atoms with Gasteiger partial charge in [-0.2, -0.15) is 0 Å². The van der Waals surface area contributed by atoms with Gasteiger partial charge >= 0.3 is 0 Å². The van der Waals surface area contributed by atoms with Gasteiger partial charge < -0.3 is 14.9 Å². The van der Waals surface area contributed by atoms with Crippen LogP contribution < -0.4 is 5.32 Å². The van der Waals surface area contributed by atoms with E-state index in [9.17, 15) is 13.5 Å². The Morgan fingerprint density at radius 3 is 2.88 bits per heavy atom. The lowest BCUT2D eigenvalue weighted by atomic mass is 10.2.